The van der Waals surface area contributed by atoms with Crippen molar-refractivity contribution in [3.63, 3.8) is 0 Å². The average molecular weight is 394 g/mol. The van der Waals surface area contributed by atoms with Gasteiger partial charge in [-0.1, -0.05) is 45.2 Å². The maximum absolute atomic E-state index is 13.6. The van der Waals surface area contributed by atoms with Gasteiger partial charge in [0.25, 0.3) is 0 Å². The number of ether oxygens (including phenoxy) is 1. The normalized spacial score (nSPS) is 17.6. The van der Waals surface area contributed by atoms with Crippen molar-refractivity contribution in [3.05, 3.63) is 35.6 Å². The predicted octanol–water partition coefficient (Wildman–Crippen LogP) is 2.74. The summed E-state index contributed by atoms with van der Waals surface area (Å²) in [7, 11) is 0. The first kappa shape index (κ1) is 22.3. The molecule has 2 atom stereocenters. The van der Waals surface area contributed by atoms with E-state index in [1.807, 2.05) is 13.8 Å². The fourth-order valence-corrected chi connectivity index (χ4v) is 3.48. The molecule has 1 aliphatic carbocycles. The molecule has 1 amide bonds. The average Bonchev–Trinajstić information content (AvgIpc) is 2.66. The first-order valence-corrected chi connectivity index (χ1v) is 9.86. The van der Waals surface area contributed by atoms with Gasteiger partial charge in [-0.15, -0.1) is 0 Å². The molecule has 0 aromatic heterocycles. The lowest BCUT2D eigenvalue weighted by atomic mass is 9.85. The fourth-order valence-electron chi connectivity index (χ4n) is 3.48. The second-order valence-electron chi connectivity index (χ2n) is 8.34. The van der Waals surface area contributed by atoms with E-state index in [9.17, 15) is 19.1 Å². The van der Waals surface area contributed by atoms with Gasteiger partial charge in [-0.3, -0.25) is 10.5 Å². The Labute approximate surface area is 165 Å². The Kier molecular flexibility index (Phi) is 7.95. The zero-order chi connectivity index (χ0) is 20.7. The van der Waals surface area contributed by atoms with Crippen LogP contribution in [0.2, 0.25) is 0 Å². The number of nitrogens with two attached hydrogens (primary N) is 1. The van der Waals surface area contributed by atoms with Crippen LogP contribution in [0.15, 0.2) is 24.3 Å². The fraction of sp³-hybridized carbons (Fsp3) is 0.619. The number of esters is 1. The Hall–Kier alpha value is -1.99. The predicted molar refractivity (Wildman–Crippen MR) is 104 cm³/mol. The Morgan fingerprint density at radius 1 is 1.29 bits per heavy atom. The van der Waals surface area contributed by atoms with Crippen LogP contribution in [0, 0.1) is 17.2 Å². The van der Waals surface area contributed by atoms with Gasteiger partial charge in [-0.05, 0) is 36.8 Å². The molecule has 28 heavy (non-hydrogen) atoms. The van der Waals surface area contributed by atoms with Gasteiger partial charge in [-0.2, -0.15) is 0 Å². The highest BCUT2D eigenvalue weighted by Crippen LogP contribution is 2.26. The Bertz CT molecular complexity index is 674. The van der Waals surface area contributed by atoms with Crippen LogP contribution in [0.1, 0.15) is 62.7 Å². The Morgan fingerprint density at radius 3 is 2.57 bits per heavy atom. The molecule has 1 aromatic rings. The van der Waals surface area contributed by atoms with E-state index in [0.717, 1.165) is 31.7 Å². The molecule has 1 aliphatic rings. The number of carbonyl (C=O) groups excluding carboxylic acids is 2. The van der Waals surface area contributed by atoms with E-state index in [2.05, 4.69) is 5.32 Å². The van der Waals surface area contributed by atoms with Crippen molar-refractivity contribution in [1.29, 1.82) is 0 Å². The summed E-state index contributed by atoms with van der Waals surface area (Å²) >= 11 is 0. The van der Waals surface area contributed by atoms with E-state index in [-0.39, 0.29) is 23.8 Å². The van der Waals surface area contributed by atoms with Crippen LogP contribution < -0.4 is 11.1 Å². The lowest BCUT2D eigenvalue weighted by Crippen LogP contribution is -2.44. The van der Waals surface area contributed by atoms with Crippen LogP contribution in [-0.4, -0.2) is 35.9 Å². The quantitative estimate of drug-likeness (QED) is 0.465. The molecule has 156 valence electrons. The summed E-state index contributed by atoms with van der Waals surface area (Å²) in [5, 5.41) is 13.3. The van der Waals surface area contributed by atoms with Gasteiger partial charge in [0.15, 0.2) is 6.23 Å². The van der Waals surface area contributed by atoms with Crippen molar-refractivity contribution in [2.24, 2.45) is 17.1 Å². The van der Waals surface area contributed by atoms with E-state index in [0.29, 0.717) is 6.54 Å². The van der Waals surface area contributed by atoms with Gasteiger partial charge in [0.2, 0.25) is 5.91 Å². The molecule has 4 N–H and O–H groups in total. The van der Waals surface area contributed by atoms with Gasteiger partial charge in [0.1, 0.15) is 11.9 Å². The molecule has 6 nitrogen and oxygen atoms in total. The minimum atomic E-state index is -1.29. The van der Waals surface area contributed by atoms with Crippen molar-refractivity contribution in [3.8, 4) is 0 Å². The van der Waals surface area contributed by atoms with Crippen molar-refractivity contribution in [2.45, 2.75) is 64.7 Å². The lowest BCUT2D eigenvalue weighted by Gasteiger charge is -2.31. The number of hydrogen-bond acceptors (Lipinski definition) is 5. The lowest BCUT2D eigenvalue weighted by molar-refractivity contribution is -0.126. The number of nitrogens with one attached hydrogen (secondary N) is 1. The topological polar surface area (TPSA) is 102 Å². The van der Waals surface area contributed by atoms with Gasteiger partial charge >= 0.3 is 5.97 Å². The van der Waals surface area contributed by atoms with Crippen LogP contribution >= 0.6 is 0 Å². The summed E-state index contributed by atoms with van der Waals surface area (Å²) in [4.78, 5) is 24.3. The number of carbonyl (C=O) groups is 2. The molecule has 0 heterocycles. The molecule has 1 aromatic carbocycles. The molecule has 0 saturated heterocycles. The molecule has 1 fully saturated rings. The highest BCUT2D eigenvalue weighted by molar-refractivity contribution is 5.89. The third kappa shape index (κ3) is 6.56. The van der Waals surface area contributed by atoms with Crippen molar-refractivity contribution >= 4 is 11.9 Å². The van der Waals surface area contributed by atoms with Gasteiger partial charge in [-0.25, -0.2) is 9.18 Å². The van der Waals surface area contributed by atoms with Crippen LogP contribution in [0.4, 0.5) is 4.39 Å². The number of aliphatic hydroxyl groups is 1. The molecule has 0 radical (unpaired) electrons. The highest BCUT2D eigenvalue weighted by atomic mass is 19.1. The molecule has 2 rings (SSSR count). The van der Waals surface area contributed by atoms with E-state index in [1.165, 1.54) is 24.6 Å². The monoisotopic (exact) mass is 394 g/mol. The molecule has 0 spiro atoms. The summed E-state index contributed by atoms with van der Waals surface area (Å²) in [5.41, 5.74) is 5.10. The second kappa shape index (κ2) is 9.98. The van der Waals surface area contributed by atoms with Crippen molar-refractivity contribution in [2.75, 3.05) is 6.54 Å². The third-order valence-electron chi connectivity index (χ3n) is 5.19. The first-order valence-electron chi connectivity index (χ1n) is 9.86. The SMILES string of the molecule is CC(C)(CNC(=O)C1CCCCC1)CC(O)C(N)OC(=O)c1ccccc1F. The van der Waals surface area contributed by atoms with Crippen LogP contribution in [0.3, 0.4) is 0 Å². The van der Waals surface area contributed by atoms with Crippen LogP contribution in [0.25, 0.3) is 0 Å². The molecular formula is C21H31FN2O4. The highest BCUT2D eigenvalue weighted by Gasteiger charge is 2.30. The third-order valence-corrected chi connectivity index (χ3v) is 5.19. The standard InChI is InChI=1S/C21H31FN2O4/c1-21(2,13-24-19(26)14-8-4-3-5-9-14)12-17(25)18(23)28-20(27)15-10-6-7-11-16(15)22/h6-7,10-11,14,17-18,25H,3-5,8-9,12-13,23H2,1-2H3,(H,24,26). The largest absolute Gasteiger partial charge is 0.440 e. The van der Waals surface area contributed by atoms with E-state index in [4.69, 9.17) is 10.5 Å². The smallest absolute Gasteiger partial charge is 0.342 e. The molecule has 2 unspecified atom stereocenters. The number of amides is 1. The number of aliphatic hydroxyl groups excluding tert-OH is 1. The summed E-state index contributed by atoms with van der Waals surface area (Å²) < 4.78 is 18.7. The minimum Gasteiger partial charge on any atom is -0.440 e. The van der Waals surface area contributed by atoms with Gasteiger partial charge in [0.05, 0.1) is 5.56 Å². The minimum absolute atomic E-state index is 0.0533. The van der Waals surface area contributed by atoms with Gasteiger partial charge in [0, 0.05) is 12.5 Å². The summed E-state index contributed by atoms with van der Waals surface area (Å²) in [6.07, 6.45) is 2.98. The summed E-state index contributed by atoms with van der Waals surface area (Å²) in [6.45, 7) is 4.17. The van der Waals surface area contributed by atoms with Crippen LogP contribution in [0.5, 0.6) is 0 Å². The Morgan fingerprint density at radius 2 is 1.93 bits per heavy atom. The van der Waals surface area contributed by atoms with Crippen LogP contribution in [-0.2, 0) is 9.53 Å². The van der Waals surface area contributed by atoms with Gasteiger partial charge < -0.3 is 15.2 Å². The first-order chi connectivity index (χ1) is 13.2. The van der Waals surface area contributed by atoms with E-state index >= 15 is 0 Å². The molecule has 7 heteroatoms. The summed E-state index contributed by atoms with van der Waals surface area (Å²) in [5.74, 6) is -1.51. The zero-order valence-corrected chi connectivity index (χ0v) is 16.6. The van der Waals surface area contributed by atoms with E-state index in [1.54, 1.807) is 0 Å². The molecule has 0 bridgehead atoms. The maximum atomic E-state index is 13.6. The molecular weight excluding hydrogens is 363 g/mol. The van der Waals surface area contributed by atoms with Crippen molar-refractivity contribution in [1.82, 2.24) is 5.32 Å². The zero-order valence-electron chi connectivity index (χ0n) is 16.6. The Balaban J connectivity index is 1.82. The number of benzene rings is 1. The van der Waals surface area contributed by atoms with E-state index < -0.39 is 29.5 Å². The maximum Gasteiger partial charge on any atom is 0.342 e. The number of rotatable bonds is 8. The van der Waals surface area contributed by atoms with Crippen molar-refractivity contribution < 1.29 is 23.8 Å². The number of hydrogen-bond donors (Lipinski definition) is 3. The molecule has 0 aliphatic heterocycles. The number of halogens is 1. The second-order valence-corrected chi connectivity index (χ2v) is 8.34. The summed E-state index contributed by atoms with van der Waals surface area (Å²) in [6, 6.07) is 5.42. The molecule has 1 saturated carbocycles.